The number of guanidine groups is 1. The van der Waals surface area contributed by atoms with Crippen LogP contribution in [0.1, 0.15) is 24.5 Å². The van der Waals surface area contributed by atoms with Crippen LogP contribution >= 0.6 is 0 Å². The molecule has 0 bridgehead atoms. The molecule has 26 heavy (non-hydrogen) atoms. The van der Waals surface area contributed by atoms with Gasteiger partial charge in [-0.1, -0.05) is 0 Å². The van der Waals surface area contributed by atoms with E-state index in [9.17, 15) is 8.42 Å². The van der Waals surface area contributed by atoms with Crippen LogP contribution in [0.4, 0.5) is 0 Å². The zero-order valence-electron chi connectivity index (χ0n) is 15.4. The standard InChI is InChI=1S/C18H25N3O4S/c1-13-5-10-17(25-13)14(2)21-18(19-3)20-11-12-24-15-6-8-16(9-7-15)26(4,22)23/h5-10,14H,11-12H2,1-4H3,(H2,19,20,21). The van der Waals surface area contributed by atoms with Crippen LogP contribution in [0.15, 0.2) is 50.7 Å². The zero-order chi connectivity index (χ0) is 19.2. The summed E-state index contributed by atoms with van der Waals surface area (Å²) in [6, 6.07) is 10.2. The first-order chi connectivity index (χ1) is 12.3. The van der Waals surface area contributed by atoms with Crippen LogP contribution in [0.2, 0.25) is 0 Å². The molecular formula is C18H25N3O4S. The number of benzene rings is 1. The average molecular weight is 379 g/mol. The third kappa shape index (κ3) is 5.80. The first-order valence-electron chi connectivity index (χ1n) is 8.26. The van der Waals surface area contributed by atoms with Gasteiger partial charge in [-0.15, -0.1) is 0 Å². The molecule has 0 amide bonds. The minimum atomic E-state index is -3.19. The maximum absolute atomic E-state index is 11.4. The van der Waals surface area contributed by atoms with Gasteiger partial charge in [-0.05, 0) is 50.2 Å². The van der Waals surface area contributed by atoms with Crippen molar-refractivity contribution in [1.29, 1.82) is 0 Å². The Bertz CT molecular complexity index is 842. The summed E-state index contributed by atoms with van der Waals surface area (Å²) in [6.07, 6.45) is 1.18. The number of aliphatic imine (C=N–C) groups is 1. The lowest BCUT2D eigenvalue weighted by Crippen LogP contribution is -2.40. The molecule has 0 fully saturated rings. The summed E-state index contributed by atoms with van der Waals surface area (Å²) in [7, 11) is -1.50. The Morgan fingerprint density at radius 2 is 1.92 bits per heavy atom. The van der Waals surface area contributed by atoms with E-state index in [-0.39, 0.29) is 10.9 Å². The maximum Gasteiger partial charge on any atom is 0.191 e. The fourth-order valence-electron chi connectivity index (χ4n) is 2.28. The van der Waals surface area contributed by atoms with Crippen molar-refractivity contribution in [2.45, 2.75) is 24.8 Å². The van der Waals surface area contributed by atoms with E-state index < -0.39 is 9.84 Å². The molecule has 1 atom stereocenters. The Morgan fingerprint density at radius 3 is 2.46 bits per heavy atom. The van der Waals surface area contributed by atoms with E-state index in [2.05, 4.69) is 15.6 Å². The van der Waals surface area contributed by atoms with Crippen LogP contribution in [0.3, 0.4) is 0 Å². The summed E-state index contributed by atoms with van der Waals surface area (Å²) < 4.78 is 34.1. The molecule has 0 spiro atoms. The molecule has 0 aliphatic heterocycles. The average Bonchev–Trinajstić information content (AvgIpc) is 3.03. The lowest BCUT2D eigenvalue weighted by molar-refractivity contribution is 0.321. The minimum absolute atomic E-state index is 0.0145. The molecule has 0 saturated heterocycles. The van der Waals surface area contributed by atoms with Gasteiger partial charge in [-0.3, -0.25) is 4.99 Å². The second-order valence-electron chi connectivity index (χ2n) is 5.91. The number of aryl methyl sites for hydroxylation is 1. The van der Waals surface area contributed by atoms with Crippen LogP contribution in [0.5, 0.6) is 5.75 Å². The normalized spacial score (nSPS) is 13.3. The topological polar surface area (TPSA) is 92.9 Å². The van der Waals surface area contributed by atoms with Gasteiger partial charge in [0, 0.05) is 13.3 Å². The van der Waals surface area contributed by atoms with Gasteiger partial charge in [-0.25, -0.2) is 8.42 Å². The fourth-order valence-corrected chi connectivity index (χ4v) is 2.91. The number of rotatable bonds is 7. The minimum Gasteiger partial charge on any atom is -0.492 e. The van der Waals surface area contributed by atoms with Gasteiger partial charge >= 0.3 is 0 Å². The Labute approximate surface area is 154 Å². The zero-order valence-corrected chi connectivity index (χ0v) is 16.3. The Morgan fingerprint density at radius 1 is 1.23 bits per heavy atom. The van der Waals surface area contributed by atoms with Crippen LogP contribution in [0.25, 0.3) is 0 Å². The molecule has 2 rings (SSSR count). The molecule has 1 heterocycles. The smallest absolute Gasteiger partial charge is 0.191 e. The summed E-state index contributed by atoms with van der Waals surface area (Å²) in [5.74, 6) is 2.96. The molecule has 0 aliphatic carbocycles. The van der Waals surface area contributed by atoms with Crippen LogP contribution in [-0.2, 0) is 9.84 Å². The van der Waals surface area contributed by atoms with E-state index in [0.717, 1.165) is 11.5 Å². The highest BCUT2D eigenvalue weighted by Crippen LogP contribution is 2.16. The third-order valence-corrected chi connectivity index (χ3v) is 4.81. The summed E-state index contributed by atoms with van der Waals surface area (Å²) in [6.45, 7) is 4.85. The Hall–Kier alpha value is -2.48. The highest BCUT2D eigenvalue weighted by atomic mass is 32.2. The van der Waals surface area contributed by atoms with Gasteiger partial charge in [0.05, 0.1) is 17.5 Å². The lowest BCUT2D eigenvalue weighted by Gasteiger charge is -2.16. The van der Waals surface area contributed by atoms with Gasteiger partial charge in [0.25, 0.3) is 0 Å². The van der Waals surface area contributed by atoms with Crippen molar-refractivity contribution in [2.24, 2.45) is 4.99 Å². The SMILES string of the molecule is CN=C(NCCOc1ccc(S(C)(=O)=O)cc1)NC(C)c1ccc(C)o1. The molecule has 142 valence electrons. The van der Waals surface area contributed by atoms with Crippen molar-refractivity contribution in [2.75, 3.05) is 26.5 Å². The molecule has 2 N–H and O–H groups in total. The largest absolute Gasteiger partial charge is 0.492 e. The predicted octanol–water partition coefficient (Wildman–Crippen LogP) is 2.30. The molecule has 2 aromatic rings. The first kappa shape index (κ1) is 19.8. The Balaban J connectivity index is 1.77. The first-order valence-corrected chi connectivity index (χ1v) is 10.1. The number of hydrogen-bond donors (Lipinski definition) is 2. The molecule has 7 nitrogen and oxygen atoms in total. The summed E-state index contributed by atoms with van der Waals surface area (Å²) >= 11 is 0. The highest BCUT2D eigenvalue weighted by Gasteiger charge is 2.11. The third-order valence-electron chi connectivity index (χ3n) is 3.68. The molecule has 0 aliphatic rings. The van der Waals surface area contributed by atoms with Crippen molar-refractivity contribution in [3.63, 3.8) is 0 Å². The molecular weight excluding hydrogens is 354 g/mol. The maximum atomic E-state index is 11.4. The van der Waals surface area contributed by atoms with Crippen LogP contribution in [0, 0.1) is 6.92 Å². The second-order valence-corrected chi connectivity index (χ2v) is 7.92. The van der Waals surface area contributed by atoms with E-state index in [1.165, 1.54) is 18.4 Å². The van der Waals surface area contributed by atoms with Crippen molar-refractivity contribution >= 4 is 15.8 Å². The van der Waals surface area contributed by atoms with E-state index >= 15 is 0 Å². The van der Waals surface area contributed by atoms with Crippen molar-refractivity contribution in [3.05, 3.63) is 47.9 Å². The quantitative estimate of drug-likeness (QED) is 0.436. The van der Waals surface area contributed by atoms with E-state index in [1.807, 2.05) is 26.0 Å². The van der Waals surface area contributed by atoms with E-state index in [4.69, 9.17) is 9.15 Å². The summed E-state index contributed by atoms with van der Waals surface area (Å²) in [5.41, 5.74) is 0. The fraction of sp³-hybridized carbons (Fsp3) is 0.389. The van der Waals surface area contributed by atoms with Gasteiger partial charge in [0.1, 0.15) is 23.9 Å². The molecule has 0 radical (unpaired) electrons. The van der Waals surface area contributed by atoms with Crippen molar-refractivity contribution in [1.82, 2.24) is 10.6 Å². The Kier molecular flexibility index (Phi) is 6.68. The van der Waals surface area contributed by atoms with Gasteiger partial charge in [-0.2, -0.15) is 0 Å². The number of ether oxygens (including phenoxy) is 1. The van der Waals surface area contributed by atoms with Gasteiger partial charge in [0.2, 0.25) is 0 Å². The molecule has 1 aromatic heterocycles. The van der Waals surface area contributed by atoms with Gasteiger partial charge in [0.15, 0.2) is 15.8 Å². The lowest BCUT2D eigenvalue weighted by atomic mass is 10.2. The summed E-state index contributed by atoms with van der Waals surface area (Å²) in [4.78, 5) is 4.45. The number of nitrogens with zero attached hydrogens (tertiary/aromatic N) is 1. The molecule has 1 aromatic carbocycles. The molecule has 1 unspecified atom stereocenters. The number of nitrogens with one attached hydrogen (secondary N) is 2. The summed E-state index contributed by atoms with van der Waals surface area (Å²) in [5, 5.41) is 6.40. The monoisotopic (exact) mass is 379 g/mol. The molecule has 8 heteroatoms. The highest BCUT2D eigenvalue weighted by molar-refractivity contribution is 7.90. The van der Waals surface area contributed by atoms with Crippen LogP contribution in [-0.4, -0.2) is 40.8 Å². The van der Waals surface area contributed by atoms with E-state index in [1.54, 1.807) is 19.2 Å². The van der Waals surface area contributed by atoms with Crippen molar-refractivity contribution in [3.8, 4) is 5.75 Å². The second kappa shape index (κ2) is 8.75. The predicted molar refractivity (Wildman–Crippen MR) is 101 cm³/mol. The van der Waals surface area contributed by atoms with Gasteiger partial charge < -0.3 is 19.8 Å². The van der Waals surface area contributed by atoms with Crippen molar-refractivity contribution < 1.29 is 17.6 Å². The number of sulfone groups is 1. The van der Waals surface area contributed by atoms with E-state index in [0.29, 0.717) is 24.9 Å². The number of hydrogen-bond acceptors (Lipinski definition) is 5. The van der Waals surface area contributed by atoms with Crippen LogP contribution < -0.4 is 15.4 Å². The number of furan rings is 1. The molecule has 0 saturated carbocycles.